The van der Waals surface area contributed by atoms with Crippen molar-refractivity contribution in [1.82, 2.24) is 35.4 Å². The normalized spacial score (nSPS) is 31.6. The number of anilines is 1. The zero-order valence-electron chi connectivity index (χ0n) is 32.3. The predicted octanol–water partition coefficient (Wildman–Crippen LogP) is -3.23. The van der Waals surface area contributed by atoms with Crippen molar-refractivity contribution in [1.29, 1.82) is 5.26 Å². The van der Waals surface area contributed by atoms with Crippen LogP contribution in [0.15, 0.2) is 18.6 Å². The number of ether oxygens (including phenoxy) is 5. The Kier molecular flexibility index (Phi) is 14.7. The number of nitrogens with zero attached hydrogens (tertiary/aromatic N) is 6. The molecule has 0 radical (unpaired) electrons. The summed E-state index contributed by atoms with van der Waals surface area (Å²) in [4.78, 5) is 63.6. The number of aliphatic hydroxyl groups excluding tert-OH is 4. The number of hydrogen-bond donors (Lipinski definition) is 7. The highest BCUT2D eigenvalue weighted by Crippen LogP contribution is 2.32. The molecular weight excluding hydrogens is 754 g/mol. The Morgan fingerprint density at radius 3 is 2.44 bits per heavy atom. The maximum atomic E-state index is 13.4. The van der Waals surface area contributed by atoms with Gasteiger partial charge in [0.2, 0.25) is 11.8 Å². The summed E-state index contributed by atoms with van der Waals surface area (Å²) in [6.07, 6.45) is -10.1. The minimum atomic E-state index is -1.79. The first kappa shape index (κ1) is 43.6. The molecule has 0 aliphatic carbocycles. The second-order valence-electron chi connectivity index (χ2n) is 14.1. The third kappa shape index (κ3) is 9.43. The number of aromatic nitrogens is 3. The number of likely N-dealkylation sites (N-methyl/N-ethyl adjacent to an activating group) is 1. The number of aliphatic hydroxyl groups is 4. The minimum absolute atomic E-state index is 0.0582. The Balaban J connectivity index is 1.21. The molecule has 2 aromatic heterocycles. The molecule has 7 N–H and O–H groups in total. The Labute approximate surface area is 327 Å². The SMILES string of the molecule is CO[C@@H]1OC(CO)[C@@H](O)C(O[C@@H]2OC(C(=O)NCCNC(=O)n3ccc4c(N(C)[C@H]5CN(C(=O)CC#N)CC[C@H]5C)ncnc43)[C@@H](OC)C(O)C2O)C1NC(C)=O. The van der Waals surface area contributed by atoms with Crippen molar-refractivity contribution in [3.8, 4) is 6.07 Å². The van der Waals surface area contributed by atoms with E-state index >= 15 is 0 Å². The Bertz CT molecular complexity index is 1780. The van der Waals surface area contributed by atoms with Crippen LogP contribution in [0.3, 0.4) is 0 Å². The van der Waals surface area contributed by atoms with Crippen molar-refractivity contribution in [2.24, 2.45) is 5.92 Å². The number of hydrogen-bond acceptors (Lipinski definition) is 17. The summed E-state index contributed by atoms with van der Waals surface area (Å²) >= 11 is 0. The summed E-state index contributed by atoms with van der Waals surface area (Å²) in [5, 5.41) is 60.0. The van der Waals surface area contributed by atoms with Gasteiger partial charge in [-0.1, -0.05) is 6.92 Å². The molecule has 0 aromatic carbocycles. The topological polar surface area (TPSA) is 292 Å². The van der Waals surface area contributed by atoms with E-state index in [1.54, 1.807) is 11.0 Å². The highest BCUT2D eigenvalue weighted by Gasteiger charge is 2.53. The van der Waals surface area contributed by atoms with Crippen molar-refractivity contribution in [2.45, 2.75) is 94.1 Å². The van der Waals surface area contributed by atoms with Gasteiger partial charge >= 0.3 is 6.03 Å². The van der Waals surface area contributed by atoms with Crippen LogP contribution in [0.2, 0.25) is 0 Å². The lowest BCUT2D eigenvalue weighted by atomic mass is 9.92. The first-order chi connectivity index (χ1) is 27.3. The fraction of sp³-hybridized carbons (Fsp3) is 0.686. The summed E-state index contributed by atoms with van der Waals surface area (Å²) in [7, 11) is 4.33. The first-order valence-corrected chi connectivity index (χ1v) is 18.5. The van der Waals surface area contributed by atoms with E-state index in [1.165, 1.54) is 38.2 Å². The van der Waals surface area contributed by atoms with E-state index in [4.69, 9.17) is 28.9 Å². The number of piperidine rings is 1. The Hall–Kier alpha value is -4.57. The molecule has 5 heterocycles. The fourth-order valence-corrected chi connectivity index (χ4v) is 7.44. The van der Waals surface area contributed by atoms with Gasteiger partial charge in [-0.05, 0) is 18.4 Å². The van der Waals surface area contributed by atoms with Crippen LogP contribution in [0.25, 0.3) is 11.0 Å². The number of methoxy groups -OCH3 is 2. The molecule has 6 unspecified atom stereocenters. The zero-order chi connectivity index (χ0) is 41.6. The average Bonchev–Trinajstić information content (AvgIpc) is 3.64. The van der Waals surface area contributed by atoms with Gasteiger partial charge in [0.05, 0.1) is 24.1 Å². The van der Waals surface area contributed by atoms with Gasteiger partial charge in [-0.2, -0.15) is 5.26 Å². The van der Waals surface area contributed by atoms with Crippen LogP contribution in [-0.4, -0.2) is 185 Å². The van der Waals surface area contributed by atoms with Crippen LogP contribution in [0.5, 0.6) is 0 Å². The van der Waals surface area contributed by atoms with Gasteiger partial charge < -0.3 is 69.9 Å². The largest absolute Gasteiger partial charge is 0.394 e. The van der Waals surface area contributed by atoms with Gasteiger partial charge in [0.25, 0.3) is 5.91 Å². The van der Waals surface area contributed by atoms with Crippen LogP contribution in [0, 0.1) is 17.2 Å². The number of amides is 4. The van der Waals surface area contributed by atoms with Crippen LogP contribution in [0.4, 0.5) is 10.6 Å². The molecule has 3 fully saturated rings. The summed E-state index contributed by atoms with van der Waals surface area (Å²) in [5.41, 5.74) is 0.323. The van der Waals surface area contributed by atoms with Crippen LogP contribution in [0.1, 0.15) is 26.7 Å². The highest BCUT2D eigenvalue weighted by atomic mass is 16.7. The van der Waals surface area contributed by atoms with E-state index in [0.29, 0.717) is 29.9 Å². The van der Waals surface area contributed by atoms with E-state index in [0.717, 1.165) is 6.42 Å². The summed E-state index contributed by atoms with van der Waals surface area (Å²) in [6.45, 7) is 3.46. The molecule has 0 bridgehead atoms. The number of nitriles is 1. The fourth-order valence-electron chi connectivity index (χ4n) is 7.44. The quantitative estimate of drug-likeness (QED) is 0.0980. The molecule has 0 spiro atoms. The molecule has 5 rings (SSSR count). The molecule has 12 atom stereocenters. The van der Waals surface area contributed by atoms with Crippen molar-refractivity contribution >= 4 is 40.6 Å². The van der Waals surface area contributed by atoms with Crippen molar-refractivity contribution in [3.05, 3.63) is 18.6 Å². The van der Waals surface area contributed by atoms with E-state index in [2.05, 4.69) is 32.8 Å². The molecule has 3 aliphatic heterocycles. The van der Waals surface area contributed by atoms with E-state index < -0.39 is 85.8 Å². The summed E-state index contributed by atoms with van der Waals surface area (Å²) < 4.78 is 29.1. The molecule has 3 aliphatic rings. The number of carbonyl (C=O) groups excluding carboxylic acids is 4. The number of carbonyl (C=O) groups is 4. The molecule has 0 saturated carbocycles. The van der Waals surface area contributed by atoms with Crippen LogP contribution in [-0.2, 0) is 38.1 Å². The smallest absolute Gasteiger partial charge is 0.327 e. The van der Waals surface area contributed by atoms with Gasteiger partial charge in [-0.15, -0.1) is 0 Å². The molecule has 4 amide bonds. The third-order valence-electron chi connectivity index (χ3n) is 10.5. The molecule has 22 heteroatoms. The van der Waals surface area contributed by atoms with Gasteiger partial charge in [0.15, 0.2) is 24.3 Å². The van der Waals surface area contributed by atoms with Gasteiger partial charge in [-0.3, -0.25) is 19.0 Å². The second-order valence-corrected chi connectivity index (χ2v) is 14.1. The second kappa shape index (κ2) is 19.2. The summed E-state index contributed by atoms with van der Waals surface area (Å²) in [5.74, 6) is -0.785. The van der Waals surface area contributed by atoms with E-state index in [-0.39, 0.29) is 37.4 Å². The zero-order valence-corrected chi connectivity index (χ0v) is 32.3. The van der Waals surface area contributed by atoms with Crippen molar-refractivity contribution < 1.29 is 63.3 Å². The van der Waals surface area contributed by atoms with Gasteiger partial charge in [0, 0.05) is 60.6 Å². The van der Waals surface area contributed by atoms with Crippen molar-refractivity contribution in [3.63, 3.8) is 0 Å². The molecule has 57 heavy (non-hydrogen) atoms. The molecule has 2 aromatic rings. The molecule has 314 valence electrons. The monoisotopic (exact) mass is 805 g/mol. The van der Waals surface area contributed by atoms with Crippen LogP contribution < -0.4 is 20.9 Å². The highest BCUT2D eigenvalue weighted by molar-refractivity contribution is 5.95. The molecular formula is C35H51N9O13. The van der Waals surface area contributed by atoms with E-state index in [9.17, 15) is 39.6 Å². The standard InChI is InChI=1S/C35H51N9O13/c1-17-7-12-43(22(47)6-9-36)14-20(17)42(3)30-19-8-13-44(31(19)40-16-39-30)35(52)38-11-10-37-32(51)29-28(53-4)25(49)26(50)34(57-29)56-27-23(41-18(2)46)33(54-5)55-21(15-45)24(27)48/h8,13,16-17,20-21,23-29,33-34,45,48-50H,6-7,10-12,14-15H2,1-5H3,(H,37,51)(H,38,52)(H,41,46)/t17-,20+,21?,23?,24-,25?,26?,27?,28+,29?,33-,34-/m1/s1. The van der Waals surface area contributed by atoms with Crippen LogP contribution >= 0.6 is 0 Å². The lowest BCUT2D eigenvalue weighted by Crippen LogP contribution is -2.68. The number of nitrogens with one attached hydrogen (secondary N) is 3. The lowest BCUT2D eigenvalue weighted by molar-refractivity contribution is -0.338. The average molecular weight is 806 g/mol. The third-order valence-corrected chi connectivity index (χ3v) is 10.5. The minimum Gasteiger partial charge on any atom is -0.394 e. The van der Waals surface area contributed by atoms with Crippen molar-refractivity contribution in [2.75, 3.05) is 59.0 Å². The number of fused-ring (bicyclic) bond motifs is 1. The maximum absolute atomic E-state index is 13.4. The Morgan fingerprint density at radius 1 is 1.04 bits per heavy atom. The lowest BCUT2D eigenvalue weighted by Gasteiger charge is -2.47. The predicted molar refractivity (Wildman–Crippen MR) is 195 cm³/mol. The van der Waals surface area contributed by atoms with Gasteiger partial charge in [0.1, 0.15) is 61.2 Å². The van der Waals surface area contributed by atoms with E-state index in [1.807, 2.05) is 18.0 Å². The Morgan fingerprint density at radius 2 is 1.77 bits per heavy atom. The van der Waals surface area contributed by atoms with Gasteiger partial charge in [-0.25, -0.2) is 14.8 Å². The first-order valence-electron chi connectivity index (χ1n) is 18.5. The molecule has 3 saturated heterocycles. The number of likely N-dealkylation sites (tertiary alicyclic amines) is 1. The number of rotatable bonds is 13. The molecule has 22 nitrogen and oxygen atoms in total. The maximum Gasteiger partial charge on any atom is 0.327 e. The summed E-state index contributed by atoms with van der Waals surface area (Å²) in [6, 6.07) is 1.80.